The number of aromatic amines is 1. The lowest BCUT2D eigenvalue weighted by atomic mass is 10.1. The Labute approximate surface area is 180 Å². The van der Waals surface area contributed by atoms with E-state index in [0.29, 0.717) is 30.5 Å². The molecule has 2 atom stereocenters. The molecule has 1 saturated carbocycles. The Bertz CT molecular complexity index is 1200. The Kier molecular flexibility index (Phi) is 4.31. The van der Waals surface area contributed by atoms with Gasteiger partial charge < -0.3 is 20.5 Å². The Balaban J connectivity index is 1.36. The molecule has 2 aliphatic rings. The summed E-state index contributed by atoms with van der Waals surface area (Å²) in [6, 6.07) is 8.84. The Morgan fingerprint density at radius 2 is 1.87 bits per heavy atom. The standard InChI is InChI=1S/C22H27N9/c1-13-11-30(12-14(2)25-13)22-28-20-16(15-7-8-15)9-24-31(20)21(29-22)23-10-19-26-17-5-3-4-6-18(17)27-19/h3-6,9,13-15,25H,7-8,10-12H2,1-2H3,(H,26,27)(H,23,28,29). The van der Waals surface area contributed by atoms with Gasteiger partial charge in [0.25, 0.3) is 0 Å². The van der Waals surface area contributed by atoms with Gasteiger partial charge >= 0.3 is 0 Å². The van der Waals surface area contributed by atoms with Crippen LogP contribution >= 0.6 is 0 Å². The minimum absolute atomic E-state index is 0.392. The quantitative estimate of drug-likeness (QED) is 0.459. The lowest BCUT2D eigenvalue weighted by Gasteiger charge is -2.36. The Morgan fingerprint density at radius 1 is 1.06 bits per heavy atom. The van der Waals surface area contributed by atoms with E-state index < -0.39 is 0 Å². The van der Waals surface area contributed by atoms with E-state index in [1.165, 1.54) is 18.4 Å². The van der Waals surface area contributed by atoms with Gasteiger partial charge in [-0.3, -0.25) is 0 Å². The topological polar surface area (TPSA) is 99.1 Å². The molecule has 4 aromatic rings. The number of nitrogens with zero attached hydrogens (tertiary/aromatic N) is 6. The highest BCUT2D eigenvalue weighted by atomic mass is 15.4. The van der Waals surface area contributed by atoms with Crippen LogP contribution in [0.1, 0.15) is 44.0 Å². The molecule has 160 valence electrons. The molecule has 1 aromatic carbocycles. The summed E-state index contributed by atoms with van der Waals surface area (Å²) in [4.78, 5) is 20.2. The van der Waals surface area contributed by atoms with Crippen LogP contribution in [0.5, 0.6) is 0 Å². The molecule has 0 spiro atoms. The number of fused-ring (bicyclic) bond motifs is 2. The van der Waals surface area contributed by atoms with E-state index >= 15 is 0 Å². The fourth-order valence-corrected chi connectivity index (χ4v) is 4.56. The molecule has 0 radical (unpaired) electrons. The molecule has 1 aliphatic carbocycles. The van der Waals surface area contributed by atoms with Crippen LogP contribution < -0.4 is 15.5 Å². The third-order valence-electron chi connectivity index (χ3n) is 6.09. The summed E-state index contributed by atoms with van der Waals surface area (Å²) in [6.45, 7) is 6.72. The lowest BCUT2D eigenvalue weighted by Crippen LogP contribution is -2.54. The molecular weight excluding hydrogens is 390 g/mol. The number of imidazole rings is 1. The summed E-state index contributed by atoms with van der Waals surface area (Å²) in [5, 5.41) is 11.7. The number of aromatic nitrogens is 6. The van der Waals surface area contributed by atoms with Crippen LogP contribution in [0.15, 0.2) is 30.5 Å². The first-order valence-corrected chi connectivity index (χ1v) is 11.1. The molecule has 2 fully saturated rings. The van der Waals surface area contributed by atoms with Gasteiger partial charge in [0, 0.05) is 30.7 Å². The highest BCUT2D eigenvalue weighted by Gasteiger charge is 2.30. The summed E-state index contributed by atoms with van der Waals surface area (Å²) in [5.41, 5.74) is 4.14. The molecule has 1 aliphatic heterocycles. The van der Waals surface area contributed by atoms with Gasteiger partial charge in [-0.15, -0.1) is 0 Å². The van der Waals surface area contributed by atoms with Crippen LogP contribution in [0.3, 0.4) is 0 Å². The first-order valence-electron chi connectivity index (χ1n) is 11.1. The highest BCUT2D eigenvalue weighted by Crippen LogP contribution is 2.42. The number of para-hydroxylation sites is 2. The SMILES string of the molecule is CC1CN(c2nc(NCc3nc4ccccc4[nH]3)n3ncc(C4CC4)c3n2)CC(C)N1. The van der Waals surface area contributed by atoms with Crippen molar-refractivity contribution in [1.29, 1.82) is 0 Å². The van der Waals surface area contributed by atoms with Gasteiger partial charge in [0.1, 0.15) is 5.82 Å². The zero-order valence-corrected chi connectivity index (χ0v) is 17.8. The summed E-state index contributed by atoms with van der Waals surface area (Å²) in [7, 11) is 0. The van der Waals surface area contributed by atoms with Crippen molar-refractivity contribution in [3.8, 4) is 0 Å². The average molecular weight is 418 g/mol. The van der Waals surface area contributed by atoms with Gasteiger partial charge in [-0.25, -0.2) is 4.98 Å². The van der Waals surface area contributed by atoms with E-state index in [-0.39, 0.29) is 0 Å². The maximum atomic E-state index is 4.96. The molecule has 0 bridgehead atoms. The van der Waals surface area contributed by atoms with Crippen molar-refractivity contribution < 1.29 is 0 Å². The fraction of sp³-hybridized carbons (Fsp3) is 0.455. The normalized spacial score (nSPS) is 21.8. The van der Waals surface area contributed by atoms with Crippen molar-refractivity contribution in [3.05, 3.63) is 41.9 Å². The number of H-pyrrole nitrogens is 1. The lowest BCUT2D eigenvalue weighted by molar-refractivity contribution is 0.403. The van der Waals surface area contributed by atoms with E-state index in [9.17, 15) is 0 Å². The predicted octanol–water partition coefficient (Wildman–Crippen LogP) is 2.68. The fourth-order valence-electron chi connectivity index (χ4n) is 4.56. The number of nitrogens with one attached hydrogen (secondary N) is 3. The van der Waals surface area contributed by atoms with Gasteiger partial charge in [0.05, 0.1) is 23.8 Å². The predicted molar refractivity (Wildman–Crippen MR) is 120 cm³/mol. The van der Waals surface area contributed by atoms with Crippen molar-refractivity contribution in [3.63, 3.8) is 0 Å². The molecule has 6 rings (SSSR count). The summed E-state index contributed by atoms with van der Waals surface area (Å²) in [6.07, 6.45) is 4.38. The van der Waals surface area contributed by atoms with Crippen LogP contribution in [0.2, 0.25) is 0 Å². The monoisotopic (exact) mass is 417 g/mol. The van der Waals surface area contributed by atoms with Gasteiger partial charge in [-0.2, -0.15) is 19.6 Å². The number of benzene rings is 1. The number of rotatable bonds is 5. The molecule has 4 heterocycles. The average Bonchev–Trinajstić information content (AvgIpc) is 3.36. The molecule has 2 unspecified atom stereocenters. The van der Waals surface area contributed by atoms with Gasteiger partial charge in [-0.1, -0.05) is 12.1 Å². The number of anilines is 2. The summed E-state index contributed by atoms with van der Waals surface area (Å²) < 4.78 is 1.84. The maximum Gasteiger partial charge on any atom is 0.230 e. The van der Waals surface area contributed by atoms with Gasteiger partial charge in [0.15, 0.2) is 5.65 Å². The third-order valence-corrected chi connectivity index (χ3v) is 6.09. The third kappa shape index (κ3) is 3.48. The molecule has 9 heteroatoms. The first kappa shape index (κ1) is 18.6. The molecule has 3 N–H and O–H groups in total. The van der Waals surface area contributed by atoms with Crippen LogP contribution in [-0.4, -0.2) is 54.7 Å². The highest BCUT2D eigenvalue weighted by molar-refractivity contribution is 5.74. The van der Waals surface area contributed by atoms with E-state index in [2.05, 4.69) is 44.4 Å². The van der Waals surface area contributed by atoms with E-state index in [4.69, 9.17) is 9.97 Å². The van der Waals surface area contributed by atoms with E-state index in [0.717, 1.165) is 41.5 Å². The van der Waals surface area contributed by atoms with Crippen LogP contribution in [-0.2, 0) is 6.54 Å². The van der Waals surface area contributed by atoms with Crippen molar-refractivity contribution in [1.82, 2.24) is 34.9 Å². The van der Waals surface area contributed by atoms with Crippen LogP contribution in [0.4, 0.5) is 11.9 Å². The second kappa shape index (κ2) is 7.19. The number of hydrogen-bond acceptors (Lipinski definition) is 7. The van der Waals surface area contributed by atoms with Gasteiger partial charge in [0.2, 0.25) is 11.9 Å². The largest absolute Gasteiger partial charge is 0.347 e. The molecule has 9 nitrogen and oxygen atoms in total. The second-order valence-corrected chi connectivity index (χ2v) is 8.88. The maximum absolute atomic E-state index is 4.96. The zero-order chi connectivity index (χ0) is 20.9. The number of hydrogen-bond donors (Lipinski definition) is 3. The molecule has 3 aromatic heterocycles. The first-order chi connectivity index (χ1) is 15.1. The molecule has 31 heavy (non-hydrogen) atoms. The second-order valence-electron chi connectivity index (χ2n) is 8.88. The van der Waals surface area contributed by atoms with Crippen molar-refractivity contribution in [2.24, 2.45) is 0 Å². The van der Waals surface area contributed by atoms with Crippen LogP contribution in [0, 0.1) is 0 Å². The van der Waals surface area contributed by atoms with E-state index in [1.807, 2.05) is 35.0 Å². The van der Waals surface area contributed by atoms with Crippen molar-refractivity contribution in [2.45, 2.75) is 51.2 Å². The van der Waals surface area contributed by atoms with Crippen molar-refractivity contribution >= 4 is 28.6 Å². The minimum Gasteiger partial charge on any atom is -0.347 e. The smallest absolute Gasteiger partial charge is 0.230 e. The Hall–Kier alpha value is -3.20. The molecule has 0 amide bonds. The zero-order valence-electron chi connectivity index (χ0n) is 17.8. The van der Waals surface area contributed by atoms with E-state index in [1.54, 1.807) is 0 Å². The summed E-state index contributed by atoms with van der Waals surface area (Å²) >= 11 is 0. The van der Waals surface area contributed by atoms with Gasteiger partial charge in [-0.05, 0) is 44.7 Å². The van der Waals surface area contributed by atoms with Crippen LogP contribution in [0.25, 0.3) is 16.7 Å². The summed E-state index contributed by atoms with van der Waals surface area (Å²) in [5.74, 6) is 2.91. The number of piperazine rings is 1. The molecule has 1 saturated heterocycles. The van der Waals surface area contributed by atoms with Crippen molar-refractivity contribution in [2.75, 3.05) is 23.3 Å². The molecular formula is C22H27N9. The minimum atomic E-state index is 0.392. The Morgan fingerprint density at radius 3 is 2.65 bits per heavy atom.